The quantitative estimate of drug-likeness (QED) is 0.187. The molecule has 0 saturated carbocycles. The summed E-state index contributed by atoms with van der Waals surface area (Å²) in [5.74, 6) is -4.95. The summed E-state index contributed by atoms with van der Waals surface area (Å²) in [4.78, 5) is 62.6. The number of nitro benzene ring substituents is 3. The number of rotatable bonds is 9. The van der Waals surface area contributed by atoms with Gasteiger partial charge < -0.3 is 35.2 Å². The number of hydrogen-bond donors (Lipinski definition) is 0. The molecule has 0 bridgehead atoms. The van der Waals surface area contributed by atoms with Crippen molar-refractivity contribution in [3.8, 4) is 0 Å². The first-order chi connectivity index (χ1) is 18.2. The standard InChI is InChI=1S/C14H8N2O8S2.C8H7NO4.CH4.H2O/c17-13(18)9-5-7(1-3-11(9)15(21)22)25-26-8-2-4-12(16(23)24)10(6-8)14(19)20;1-5-2-3-7(9(12)13)6(4-5)8(10)11;;/h1-6H,(H,17,18)(H,19,20);2-4H,1H3,(H,10,11);1H4;1H2/p-3. The monoisotopic (exact) mass is 608 g/mol. The molecule has 0 aliphatic heterocycles. The van der Waals surface area contributed by atoms with Crippen LogP contribution in [0.3, 0.4) is 0 Å². The maximum Gasteiger partial charge on any atom is 0.278 e. The number of nitro groups is 3. The first-order valence-electron chi connectivity index (χ1n) is 10.0. The molecule has 3 aromatic carbocycles. The van der Waals surface area contributed by atoms with Gasteiger partial charge in [-0.1, -0.05) is 35.1 Å². The van der Waals surface area contributed by atoms with Crippen molar-refractivity contribution in [2.24, 2.45) is 0 Å². The first kappa shape index (κ1) is 35.9. The number of carbonyl (C=O) groups excluding carboxylic acids is 3. The van der Waals surface area contributed by atoms with Gasteiger partial charge in [0.15, 0.2) is 0 Å². The number of carboxylic acids is 3. The molecule has 0 atom stereocenters. The number of benzene rings is 3. The lowest BCUT2D eigenvalue weighted by Gasteiger charge is -2.08. The van der Waals surface area contributed by atoms with Gasteiger partial charge in [-0.2, -0.15) is 0 Å². The van der Waals surface area contributed by atoms with Crippen LogP contribution in [0.15, 0.2) is 64.4 Å². The van der Waals surface area contributed by atoms with Crippen LogP contribution in [0.2, 0.25) is 0 Å². The predicted octanol–water partition coefficient (Wildman–Crippen LogP) is 1.11. The van der Waals surface area contributed by atoms with Gasteiger partial charge in [-0.15, -0.1) is 0 Å². The van der Waals surface area contributed by atoms with E-state index < -0.39 is 60.9 Å². The summed E-state index contributed by atoms with van der Waals surface area (Å²) in [6.07, 6.45) is 0. The lowest BCUT2D eigenvalue weighted by molar-refractivity contribution is -0.386. The number of carbonyl (C=O) groups is 3. The summed E-state index contributed by atoms with van der Waals surface area (Å²) in [6, 6.07) is 10.6. The fourth-order valence-electron chi connectivity index (χ4n) is 2.85. The molecule has 0 spiro atoms. The van der Waals surface area contributed by atoms with Gasteiger partial charge in [-0.05, 0) is 42.8 Å². The SMILES string of the molecule is C.Cc1ccc([N+](=O)[O-])c(C(=O)[O-])c1.O.O=C([O-])c1cc(SSc2ccc([N+](=O)[O-])c(C(=O)[O-])c2)ccc1[N+](=O)[O-]. The first-order valence-corrected chi connectivity index (χ1v) is 12.2. The third-order valence-electron chi connectivity index (χ3n) is 4.57. The van der Waals surface area contributed by atoms with Gasteiger partial charge >= 0.3 is 0 Å². The van der Waals surface area contributed by atoms with Gasteiger partial charge in [0.25, 0.3) is 17.1 Å². The number of nitrogens with zero attached hydrogens (tertiary/aromatic N) is 3. The Bertz CT molecular complexity index is 1440. The van der Waals surface area contributed by atoms with Crippen LogP contribution in [0, 0.1) is 37.3 Å². The van der Waals surface area contributed by atoms with Crippen molar-refractivity contribution in [3.05, 3.63) is 107 Å². The van der Waals surface area contributed by atoms with Crippen molar-refractivity contribution in [2.45, 2.75) is 24.1 Å². The molecule has 3 aromatic rings. The van der Waals surface area contributed by atoms with Crippen LogP contribution in [0.25, 0.3) is 0 Å². The maximum atomic E-state index is 11.0. The Morgan fingerprint density at radius 3 is 1.17 bits per heavy atom. The average Bonchev–Trinajstić information content (AvgIpc) is 2.86. The van der Waals surface area contributed by atoms with Crippen molar-refractivity contribution >= 4 is 56.6 Å². The molecule has 16 nitrogen and oxygen atoms in total. The van der Waals surface area contributed by atoms with Crippen LogP contribution in [-0.4, -0.2) is 38.2 Å². The van der Waals surface area contributed by atoms with E-state index in [2.05, 4.69) is 0 Å². The van der Waals surface area contributed by atoms with E-state index >= 15 is 0 Å². The van der Waals surface area contributed by atoms with E-state index in [9.17, 15) is 60.0 Å². The van der Waals surface area contributed by atoms with E-state index in [0.29, 0.717) is 15.4 Å². The Kier molecular flexibility index (Phi) is 13.6. The van der Waals surface area contributed by atoms with Crippen LogP contribution < -0.4 is 15.3 Å². The molecule has 0 aromatic heterocycles. The lowest BCUT2D eigenvalue weighted by atomic mass is 10.1. The van der Waals surface area contributed by atoms with Gasteiger partial charge in [-0.25, -0.2) is 0 Å². The molecule has 0 fully saturated rings. The molecule has 41 heavy (non-hydrogen) atoms. The number of aromatic carboxylic acids is 3. The molecule has 218 valence electrons. The molecule has 18 heteroatoms. The van der Waals surface area contributed by atoms with Gasteiger partial charge in [0.1, 0.15) is 0 Å². The lowest BCUT2D eigenvalue weighted by Crippen LogP contribution is -2.23. The van der Waals surface area contributed by atoms with Crippen molar-refractivity contribution in [1.29, 1.82) is 0 Å². The number of hydrogen-bond acceptors (Lipinski definition) is 14. The minimum atomic E-state index is -1.71. The van der Waals surface area contributed by atoms with Crippen molar-refractivity contribution in [3.63, 3.8) is 0 Å². The molecule has 3 rings (SSSR count). The number of carboxylic acid groups (broad SMARTS) is 3. The van der Waals surface area contributed by atoms with E-state index in [1.54, 1.807) is 6.92 Å². The Morgan fingerprint density at radius 1 is 0.585 bits per heavy atom. The Hall–Kier alpha value is -5.07. The molecule has 0 aliphatic rings. The molecule has 0 amide bonds. The van der Waals surface area contributed by atoms with E-state index in [1.807, 2.05) is 0 Å². The summed E-state index contributed by atoms with van der Waals surface area (Å²) >= 11 is 0. The maximum absolute atomic E-state index is 11.0. The summed E-state index contributed by atoms with van der Waals surface area (Å²) in [5.41, 5.74) is -2.61. The van der Waals surface area contributed by atoms with Crippen molar-refractivity contribution in [1.82, 2.24) is 0 Å². The molecule has 0 saturated heterocycles. The van der Waals surface area contributed by atoms with Crippen LogP contribution in [-0.2, 0) is 0 Å². The second kappa shape index (κ2) is 15.5. The van der Waals surface area contributed by atoms with Crippen LogP contribution in [0.1, 0.15) is 44.1 Å². The van der Waals surface area contributed by atoms with Gasteiger partial charge in [0, 0.05) is 28.0 Å². The molecule has 2 N–H and O–H groups in total. The zero-order chi connectivity index (χ0) is 29.4. The molecule has 0 unspecified atom stereocenters. The second-order valence-electron chi connectivity index (χ2n) is 7.18. The minimum absolute atomic E-state index is 0. The van der Waals surface area contributed by atoms with Crippen LogP contribution in [0.5, 0.6) is 0 Å². The smallest absolute Gasteiger partial charge is 0.278 e. The van der Waals surface area contributed by atoms with Gasteiger partial charge in [-0.3, -0.25) is 30.3 Å². The number of aryl methyl sites for hydroxylation is 1. The third kappa shape index (κ3) is 9.56. The second-order valence-corrected chi connectivity index (χ2v) is 9.46. The summed E-state index contributed by atoms with van der Waals surface area (Å²) in [6.45, 7) is 1.65. The zero-order valence-corrected chi connectivity index (χ0v) is 21.4. The van der Waals surface area contributed by atoms with E-state index in [1.165, 1.54) is 24.3 Å². The topological polar surface area (TPSA) is 281 Å². The molecule has 0 heterocycles. The zero-order valence-electron chi connectivity index (χ0n) is 19.8. The third-order valence-corrected chi connectivity index (χ3v) is 6.95. The van der Waals surface area contributed by atoms with Gasteiger partial charge in [0.05, 0.1) is 49.4 Å². The predicted molar refractivity (Wildman–Crippen MR) is 139 cm³/mol. The Morgan fingerprint density at radius 2 is 0.878 bits per heavy atom. The molecular formula is C23H18N3O13S2-3. The highest BCUT2D eigenvalue weighted by Crippen LogP contribution is 2.40. The fraction of sp³-hybridized carbons (Fsp3) is 0.0870. The van der Waals surface area contributed by atoms with Crippen molar-refractivity contribution in [2.75, 3.05) is 0 Å². The highest BCUT2D eigenvalue weighted by Gasteiger charge is 2.18. The Labute approximate surface area is 237 Å². The highest BCUT2D eigenvalue weighted by molar-refractivity contribution is 8.76. The van der Waals surface area contributed by atoms with E-state index in [-0.39, 0.29) is 18.5 Å². The van der Waals surface area contributed by atoms with E-state index in [0.717, 1.165) is 51.9 Å². The molecule has 0 radical (unpaired) electrons. The summed E-state index contributed by atoms with van der Waals surface area (Å²) < 4.78 is 0. The van der Waals surface area contributed by atoms with Crippen molar-refractivity contribution < 1.29 is 49.9 Å². The minimum Gasteiger partial charge on any atom is -0.545 e. The van der Waals surface area contributed by atoms with Crippen LogP contribution >= 0.6 is 21.6 Å². The van der Waals surface area contributed by atoms with Crippen LogP contribution in [0.4, 0.5) is 17.1 Å². The average molecular weight is 609 g/mol. The molecule has 0 aliphatic carbocycles. The summed E-state index contributed by atoms with van der Waals surface area (Å²) in [5, 5.41) is 64.4. The Balaban J connectivity index is 0.000000906. The van der Waals surface area contributed by atoms with Gasteiger partial charge in [0.2, 0.25) is 0 Å². The summed E-state index contributed by atoms with van der Waals surface area (Å²) in [7, 11) is 1.96. The normalized spacial score (nSPS) is 9.59. The largest absolute Gasteiger partial charge is 0.545 e. The molecular weight excluding hydrogens is 590 g/mol. The fourth-order valence-corrected chi connectivity index (χ4v) is 4.82. The highest BCUT2D eigenvalue weighted by atomic mass is 33.1. The van der Waals surface area contributed by atoms with E-state index in [4.69, 9.17) is 0 Å².